The molecule has 0 saturated carbocycles. The second-order valence-corrected chi connectivity index (χ2v) is 7.16. The zero-order chi connectivity index (χ0) is 20.5. The van der Waals surface area contributed by atoms with Crippen molar-refractivity contribution < 1.29 is 14.3 Å². The van der Waals surface area contributed by atoms with E-state index in [0.717, 1.165) is 21.2 Å². The van der Waals surface area contributed by atoms with Gasteiger partial charge in [0.25, 0.3) is 5.91 Å². The number of hydrogen-bond acceptors (Lipinski definition) is 4. The molecule has 0 aliphatic rings. The lowest BCUT2D eigenvalue weighted by atomic mass is 10.2. The highest BCUT2D eigenvalue weighted by Gasteiger charge is 2.04. The maximum Gasteiger partial charge on any atom is 0.277 e. The highest BCUT2D eigenvalue weighted by Crippen LogP contribution is 2.21. The summed E-state index contributed by atoms with van der Waals surface area (Å²) < 4.78 is 12.4. The summed E-state index contributed by atoms with van der Waals surface area (Å²) in [4.78, 5) is 12.0. The Labute approximate surface area is 178 Å². The number of carbonyl (C=O) groups is 1. The first kappa shape index (κ1) is 20.6. The second kappa shape index (κ2) is 10.4. The van der Waals surface area contributed by atoms with Gasteiger partial charge in [0.15, 0.2) is 6.61 Å². The van der Waals surface area contributed by atoms with E-state index < -0.39 is 0 Å². The van der Waals surface area contributed by atoms with E-state index in [9.17, 15) is 4.79 Å². The van der Waals surface area contributed by atoms with Crippen molar-refractivity contribution in [3.63, 3.8) is 0 Å². The number of amides is 1. The number of halogens is 1. The number of ether oxygens (including phenoxy) is 2. The molecule has 3 aromatic carbocycles. The summed E-state index contributed by atoms with van der Waals surface area (Å²) in [5.74, 6) is 0.977. The number of aryl methyl sites for hydroxylation is 1. The molecular weight excluding hydrogens is 432 g/mol. The Balaban J connectivity index is 1.51. The molecule has 1 N–H and O–H groups in total. The van der Waals surface area contributed by atoms with Crippen molar-refractivity contribution in [2.24, 2.45) is 5.10 Å². The van der Waals surface area contributed by atoms with E-state index in [2.05, 4.69) is 26.5 Å². The molecule has 6 heteroatoms. The van der Waals surface area contributed by atoms with Gasteiger partial charge in [0.2, 0.25) is 0 Å². The Bertz CT molecular complexity index is 990. The van der Waals surface area contributed by atoms with Crippen LogP contribution in [0.4, 0.5) is 0 Å². The Morgan fingerprint density at radius 1 is 1.03 bits per heavy atom. The molecule has 0 saturated heterocycles. The smallest absolute Gasteiger partial charge is 0.277 e. The van der Waals surface area contributed by atoms with Gasteiger partial charge in [-0.05, 0) is 48.4 Å². The minimum absolute atomic E-state index is 0.120. The number of benzene rings is 3. The van der Waals surface area contributed by atoms with Crippen molar-refractivity contribution in [1.29, 1.82) is 0 Å². The van der Waals surface area contributed by atoms with Crippen LogP contribution in [0.15, 0.2) is 82.4 Å². The molecule has 0 aromatic heterocycles. The number of nitrogens with zero attached hydrogens (tertiary/aromatic N) is 1. The maximum absolute atomic E-state index is 12.0. The maximum atomic E-state index is 12.0. The van der Waals surface area contributed by atoms with Gasteiger partial charge in [0.05, 0.1) is 6.21 Å². The number of nitrogens with one attached hydrogen (secondary N) is 1. The molecule has 5 nitrogen and oxygen atoms in total. The lowest BCUT2D eigenvalue weighted by molar-refractivity contribution is -0.123. The minimum atomic E-state index is -0.343. The third kappa shape index (κ3) is 6.47. The van der Waals surface area contributed by atoms with Crippen molar-refractivity contribution >= 4 is 28.1 Å². The van der Waals surface area contributed by atoms with Gasteiger partial charge < -0.3 is 9.47 Å². The lowest BCUT2D eigenvalue weighted by Gasteiger charge is -2.09. The van der Waals surface area contributed by atoms with Crippen LogP contribution in [0.1, 0.15) is 16.7 Å². The van der Waals surface area contributed by atoms with Crippen LogP contribution in [-0.4, -0.2) is 18.7 Å². The van der Waals surface area contributed by atoms with Gasteiger partial charge >= 0.3 is 0 Å². The van der Waals surface area contributed by atoms with Gasteiger partial charge in [-0.15, -0.1) is 0 Å². The van der Waals surface area contributed by atoms with Crippen molar-refractivity contribution in [2.75, 3.05) is 6.61 Å². The van der Waals surface area contributed by atoms with Crippen LogP contribution in [0.3, 0.4) is 0 Å². The van der Waals surface area contributed by atoms with Gasteiger partial charge in [-0.25, -0.2) is 5.43 Å². The van der Waals surface area contributed by atoms with Gasteiger partial charge in [0, 0.05) is 10.0 Å². The summed E-state index contributed by atoms with van der Waals surface area (Å²) in [6.45, 7) is 2.29. The predicted molar refractivity (Wildman–Crippen MR) is 117 cm³/mol. The van der Waals surface area contributed by atoms with Crippen LogP contribution < -0.4 is 14.9 Å². The molecule has 0 fully saturated rings. The third-order valence-corrected chi connectivity index (χ3v) is 4.94. The lowest BCUT2D eigenvalue weighted by Crippen LogP contribution is -2.24. The van der Waals surface area contributed by atoms with Crippen LogP contribution in [0.5, 0.6) is 11.5 Å². The zero-order valence-electron chi connectivity index (χ0n) is 16.0. The number of hydrazone groups is 1. The average molecular weight is 453 g/mol. The van der Waals surface area contributed by atoms with Crippen LogP contribution >= 0.6 is 15.9 Å². The highest BCUT2D eigenvalue weighted by molar-refractivity contribution is 9.10. The van der Waals surface area contributed by atoms with Gasteiger partial charge in [0.1, 0.15) is 18.1 Å². The summed E-state index contributed by atoms with van der Waals surface area (Å²) in [7, 11) is 0. The Kier molecular flexibility index (Phi) is 7.41. The Morgan fingerprint density at radius 2 is 1.79 bits per heavy atom. The number of hydrogen-bond donors (Lipinski definition) is 1. The fourth-order valence-corrected chi connectivity index (χ4v) is 2.76. The molecule has 0 bridgehead atoms. The average Bonchev–Trinajstić information content (AvgIpc) is 2.74. The quantitative estimate of drug-likeness (QED) is 0.391. The fourth-order valence-electron chi connectivity index (χ4n) is 2.52. The van der Waals surface area contributed by atoms with Crippen molar-refractivity contribution in [1.82, 2.24) is 5.43 Å². The number of rotatable bonds is 8. The zero-order valence-corrected chi connectivity index (χ0v) is 17.6. The Hall–Kier alpha value is -3.12. The molecule has 3 aromatic rings. The van der Waals surface area contributed by atoms with E-state index in [4.69, 9.17) is 9.47 Å². The standard InChI is InChI=1S/C23H21BrN2O3/c1-17-13-20(11-12-21(17)24)28-16-23(27)26-25-14-19-9-5-6-10-22(19)29-15-18-7-3-2-4-8-18/h2-14H,15-16H2,1H3,(H,26,27). The third-order valence-electron chi connectivity index (χ3n) is 4.05. The van der Waals surface area contributed by atoms with E-state index in [1.165, 1.54) is 0 Å². The normalized spacial score (nSPS) is 10.7. The molecular formula is C23H21BrN2O3. The summed E-state index contributed by atoms with van der Waals surface area (Å²) in [5, 5.41) is 4.01. The molecule has 0 heterocycles. The molecule has 0 aliphatic heterocycles. The van der Waals surface area contributed by atoms with E-state index in [1.54, 1.807) is 12.3 Å². The SMILES string of the molecule is Cc1cc(OCC(=O)NN=Cc2ccccc2OCc2ccccc2)ccc1Br. The molecule has 0 spiro atoms. The van der Waals surface area contributed by atoms with Crippen molar-refractivity contribution in [3.8, 4) is 11.5 Å². The van der Waals surface area contributed by atoms with E-state index >= 15 is 0 Å². The Morgan fingerprint density at radius 3 is 2.59 bits per heavy atom. The molecule has 0 unspecified atom stereocenters. The van der Waals surface area contributed by atoms with Crippen molar-refractivity contribution in [2.45, 2.75) is 13.5 Å². The summed E-state index contributed by atoms with van der Waals surface area (Å²) in [6, 6.07) is 23.0. The largest absolute Gasteiger partial charge is 0.488 e. The first-order valence-electron chi connectivity index (χ1n) is 9.08. The highest BCUT2D eigenvalue weighted by atomic mass is 79.9. The number of carbonyl (C=O) groups excluding carboxylic acids is 1. The minimum Gasteiger partial charge on any atom is -0.488 e. The predicted octanol–water partition coefficient (Wildman–Crippen LogP) is 4.87. The summed E-state index contributed by atoms with van der Waals surface area (Å²) in [5.41, 5.74) is 5.35. The number of para-hydroxylation sites is 1. The molecule has 0 atom stereocenters. The summed E-state index contributed by atoms with van der Waals surface area (Å²) in [6.07, 6.45) is 1.56. The molecule has 0 aliphatic carbocycles. The van der Waals surface area contributed by atoms with E-state index in [-0.39, 0.29) is 12.5 Å². The van der Waals surface area contributed by atoms with Gasteiger partial charge in [-0.2, -0.15) is 5.10 Å². The van der Waals surface area contributed by atoms with E-state index in [1.807, 2.05) is 73.7 Å². The first-order valence-corrected chi connectivity index (χ1v) is 9.88. The van der Waals surface area contributed by atoms with Crippen molar-refractivity contribution in [3.05, 3.63) is 94.0 Å². The topological polar surface area (TPSA) is 59.9 Å². The molecule has 3 rings (SSSR count). The fraction of sp³-hybridized carbons (Fsp3) is 0.130. The van der Waals surface area contributed by atoms with Gasteiger partial charge in [-0.3, -0.25) is 4.79 Å². The van der Waals surface area contributed by atoms with Crippen LogP contribution in [0, 0.1) is 6.92 Å². The molecule has 1 amide bonds. The summed E-state index contributed by atoms with van der Waals surface area (Å²) >= 11 is 3.43. The van der Waals surface area contributed by atoms with E-state index in [0.29, 0.717) is 18.1 Å². The van der Waals surface area contributed by atoms with Crippen LogP contribution in [-0.2, 0) is 11.4 Å². The monoisotopic (exact) mass is 452 g/mol. The van der Waals surface area contributed by atoms with Gasteiger partial charge in [-0.1, -0.05) is 58.4 Å². The van der Waals surface area contributed by atoms with Crippen LogP contribution in [0.25, 0.3) is 0 Å². The second-order valence-electron chi connectivity index (χ2n) is 6.30. The first-order chi connectivity index (χ1) is 14.1. The molecule has 148 valence electrons. The molecule has 0 radical (unpaired) electrons. The molecule has 29 heavy (non-hydrogen) atoms. The van der Waals surface area contributed by atoms with Crippen LogP contribution in [0.2, 0.25) is 0 Å².